The van der Waals surface area contributed by atoms with E-state index in [0.717, 1.165) is 0 Å². The molecule has 0 aliphatic heterocycles. The van der Waals surface area contributed by atoms with E-state index in [2.05, 4.69) is 21.0 Å². The first-order valence-corrected chi connectivity index (χ1v) is 2.63. The van der Waals surface area contributed by atoms with Crippen molar-refractivity contribution in [3.05, 3.63) is 27.0 Å². The van der Waals surface area contributed by atoms with Gasteiger partial charge in [-0.15, -0.1) is 0 Å². The highest BCUT2D eigenvalue weighted by Gasteiger charge is 1.83. The van der Waals surface area contributed by atoms with Gasteiger partial charge < -0.3 is 0 Å². The van der Waals surface area contributed by atoms with Gasteiger partial charge in [0.05, 0.1) is 8.91 Å². The highest BCUT2D eigenvalue weighted by Crippen LogP contribution is 1.99. The van der Waals surface area contributed by atoms with Crippen molar-refractivity contribution in [1.29, 1.82) is 0 Å². The van der Waals surface area contributed by atoms with Gasteiger partial charge in [-0.25, -0.2) is 5.10 Å². The normalized spacial score (nSPS) is 12.6. The summed E-state index contributed by atoms with van der Waals surface area (Å²) in [7, 11) is 0. The number of H-pyrrole nitrogens is 1. The second kappa shape index (κ2) is 2.09. The van der Waals surface area contributed by atoms with E-state index in [1.54, 1.807) is 0 Å². The molecule has 0 saturated carbocycles. The number of hydrogen-bond acceptors (Lipinski definition) is 2. The van der Waals surface area contributed by atoms with E-state index in [1.807, 2.05) is 5.10 Å². The van der Waals surface area contributed by atoms with Crippen LogP contribution in [0.1, 0.15) is 2.74 Å². The van der Waals surface area contributed by atoms with Crippen molar-refractivity contribution in [2.45, 2.75) is 0 Å². The lowest BCUT2D eigenvalue weighted by Gasteiger charge is -1.80. The molecular weight excluding hydrogens is 172 g/mol. The summed E-state index contributed by atoms with van der Waals surface area (Å²) in [6.45, 7) is 0. The zero-order valence-electron chi connectivity index (χ0n) is 5.73. The molecule has 0 unspecified atom stereocenters. The molecule has 0 amide bonds. The molecule has 0 fully saturated rings. The minimum Gasteiger partial charge on any atom is -0.268 e. The molecular formula is C4H3BrN2O. The Morgan fingerprint density at radius 3 is 3.38 bits per heavy atom. The molecule has 8 heavy (non-hydrogen) atoms. The average molecular weight is 177 g/mol. The van der Waals surface area contributed by atoms with Gasteiger partial charge in [0.15, 0.2) is 0 Å². The van der Waals surface area contributed by atoms with Crippen LogP contribution in [0.4, 0.5) is 0 Å². The van der Waals surface area contributed by atoms with Crippen molar-refractivity contribution in [2.75, 3.05) is 0 Å². The first-order chi connectivity index (χ1) is 4.63. The molecule has 1 N–H and O–H groups in total. The molecule has 0 saturated heterocycles. The number of rotatable bonds is 0. The zero-order chi connectivity index (χ0) is 7.72. The fraction of sp³-hybridized carbons (Fsp3) is 0. The van der Waals surface area contributed by atoms with E-state index in [0.29, 0.717) is 0 Å². The smallest absolute Gasteiger partial charge is 0.265 e. The molecule has 0 bridgehead atoms. The molecule has 1 rings (SSSR count). The maximum absolute atomic E-state index is 10.6. The Labute approximate surface area is 56.7 Å². The molecule has 0 atom stereocenters. The molecule has 0 aliphatic carbocycles. The Hall–Kier alpha value is -0.640. The van der Waals surface area contributed by atoms with Gasteiger partial charge in [-0.05, 0) is 15.9 Å². The van der Waals surface area contributed by atoms with Crippen LogP contribution in [0.2, 0.25) is 0 Å². The Kier molecular flexibility index (Phi) is 0.886. The molecule has 1 aromatic rings. The standard InChI is InChI=1S/C4H3BrN2O/c5-3-1-4(8)7-6-2-3/h1-2H,(H,7,8)/i1D,2D. The molecule has 4 heteroatoms. The maximum Gasteiger partial charge on any atom is 0.265 e. The SMILES string of the molecule is [2H]c1n[nH]c(=O)c([2H])c1Br. The van der Waals surface area contributed by atoms with Crippen molar-refractivity contribution in [2.24, 2.45) is 0 Å². The van der Waals surface area contributed by atoms with Crippen LogP contribution < -0.4 is 5.56 Å². The summed E-state index contributed by atoms with van der Waals surface area (Å²) in [4.78, 5) is 10.6. The van der Waals surface area contributed by atoms with Gasteiger partial charge in [-0.1, -0.05) is 0 Å². The summed E-state index contributed by atoms with van der Waals surface area (Å²) in [5.74, 6) is 0. The third-order valence-corrected chi connectivity index (χ3v) is 0.910. The Morgan fingerprint density at radius 2 is 2.75 bits per heavy atom. The fourth-order valence-electron chi connectivity index (χ4n) is 0.283. The van der Waals surface area contributed by atoms with Gasteiger partial charge in [-0.2, -0.15) is 5.10 Å². The quantitative estimate of drug-likeness (QED) is 0.628. The van der Waals surface area contributed by atoms with Gasteiger partial charge in [0.25, 0.3) is 5.56 Å². The van der Waals surface area contributed by atoms with Crippen LogP contribution in [0.25, 0.3) is 0 Å². The predicted molar refractivity (Wildman–Crippen MR) is 32.6 cm³/mol. The minimum atomic E-state index is -0.595. The summed E-state index contributed by atoms with van der Waals surface area (Å²) >= 11 is 2.87. The Bertz CT molecular complexity index is 311. The van der Waals surface area contributed by atoms with Crippen molar-refractivity contribution in [3.8, 4) is 0 Å². The first-order valence-electron chi connectivity index (χ1n) is 2.84. The second-order valence-electron chi connectivity index (χ2n) is 1.10. The number of nitrogens with zero attached hydrogens (tertiary/aromatic N) is 1. The van der Waals surface area contributed by atoms with Gasteiger partial charge in [0.2, 0.25) is 0 Å². The van der Waals surface area contributed by atoms with Crippen LogP contribution >= 0.6 is 15.9 Å². The average Bonchev–Trinajstić information content (AvgIpc) is 1.93. The van der Waals surface area contributed by atoms with Crippen LogP contribution in [0.15, 0.2) is 21.5 Å². The van der Waals surface area contributed by atoms with E-state index in [-0.39, 0.29) is 16.7 Å². The molecule has 3 nitrogen and oxygen atoms in total. The van der Waals surface area contributed by atoms with Crippen LogP contribution in [0, 0.1) is 0 Å². The summed E-state index contributed by atoms with van der Waals surface area (Å²) in [6.07, 6.45) is -0.135. The Balaban J connectivity index is 3.49. The van der Waals surface area contributed by atoms with Gasteiger partial charge in [-0.3, -0.25) is 4.79 Å². The van der Waals surface area contributed by atoms with Crippen LogP contribution in [-0.4, -0.2) is 10.2 Å². The number of aromatic amines is 1. The number of halogens is 1. The van der Waals surface area contributed by atoms with Crippen LogP contribution in [0.5, 0.6) is 0 Å². The van der Waals surface area contributed by atoms with Gasteiger partial charge >= 0.3 is 0 Å². The Morgan fingerprint density at radius 1 is 2.00 bits per heavy atom. The highest BCUT2D eigenvalue weighted by molar-refractivity contribution is 9.10. The zero-order valence-corrected chi connectivity index (χ0v) is 5.32. The molecule has 0 radical (unpaired) electrons. The molecule has 42 valence electrons. The highest BCUT2D eigenvalue weighted by atomic mass is 79.9. The predicted octanol–water partition coefficient (Wildman–Crippen LogP) is 0.532. The van der Waals surface area contributed by atoms with Gasteiger partial charge in [0, 0.05) is 10.5 Å². The largest absolute Gasteiger partial charge is 0.268 e. The number of aromatic nitrogens is 2. The lowest BCUT2D eigenvalue weighted by molar-refractivity contribution is 0.981. The van der Waals surface area contributed by atoms with Crippen molar-refractivity contribution >= 4 is 15.9 Å². The molecule has 0 aliphatic rings. The molecule has 0 spiro atoms. The third-order valence-electron chi connectivity index (χ3n) is 0.535. The van der Waals surface area contributed by atoms with E-state index in [1.165, 1.54) is 0 Å². The fourth-order valence-corrected chi connectivity index (χ4v) is 0.552. The van der Waals surface area contributed by atoms with Gasteiger partial charge in [0.1, 0.15) is 0 Å². The monoisotopic (exact) mass is 176 g/mol. The second-order valence-corrected chi connectivity index (χ2v) is 1.90. The minimum absolute atomic E-state index is 0.122. The van der Waals surface area contributed by atoms with Crippen molar-refractivity contribution in [1.82, 2.24) is 10.2 Å². The lowest BCUT2D eigenvalue weighted by atomic mass is 10.6. The lowest BCUT2D eigenvalue weighted by Crippen LogP contribution is -2.03. The summed E-state index contributed by atoms with van der Waals surface area (Å²) < 4.78 is 14.2. The van der Waals surface area contributed by atoms with Crippen LogP contribution in [-0.2, 0) is 0 Å². The molecule has 1 aromatic heterocycles. The number of nitrogens with one attached hydrogen (secondary N) is 1. The molecule has 0 aromatic carbocycles. The van der Waals surface area contributed by atoms with E-state index >= 15 is 0 Å². The van der Waals surface area contributed by atoms with E-state index < -0.39 is 5.56 Å². The summed E-state index contributed by atoms with van der Waals surface area (Å²) in [6, 6.07) is -0.264. The summed E-state index contributed by atoms with van der Waals surface area (Å²) in [5, 5.41) is 5.30. The first kappa shape index (κ1) is 3.40. The van der Waals surface area contributed by atoms with E-state index in [4.69, 9.17) is 2.74 Å². The maximum atomic E-state index is 10.6. The third kappa shape index (κ3) is 1.16. The van der Waals surface area contributed by atoms with E-state index in [9.17, 15) is 4.79 Å². The molecule has 1 heterocycles. The van der Waals surface area contributed by atoms with Crippen molar-refractivity contribution < 1.29 is 2.74 Å². The van der Waals surface area contributed by atoms with Crippen LogP contribution in [0.3, 0.4) is 0 Å². The number of hydrogen-bond donors (Lipinski definition) is 1. The summed E-state index contributed by atoms with van der Waals surface area (Å²) in [5.41, 5.74) is -0.595. The van der Waals surface area contributed by atoms with Crippen molar-refractivity contribution in [3.63, 3.8) is 0 Å². The topological polar surface area (TPSA) is 45.8 Å².